The number of nitrogens with zero attached hydrogens (tertiary/aromatic N) is 2. The Labute approximate surface area is 85.7 Å². The lowest BCUT2D eigenvalue weighted by molar-refractivity contribution is 0.114. The van der Waals surface area contributed by atoms with Crippen LogP contribution < -0.4 is 4.74 Å². The number of ether oxygens (including phenoxy) is 1. The summed E-state index contributed by atoms with van der Waals surface area (Å²) in [5.74, 6) is 1.42. The van der Waals surface area contributed by atoms with E-state index in [1.54, 1.807) is 0 Å². The van der Waals surface area contributed by atoms with Crippen LogP contribution in [0.25, 0.3) is 0 Å². The molecule has 1 aliphatic carbocycles. The molecule has 0 N–H and O–H groups in total. The molecule has 2 rings (SSSR count). The van der Waals surface area contributed by atoms with E-state index in [-0.39, 0.29) is 0 Å². The summed E-state index contributed by atoms with van der Waals surface area (Å²) in [5, 5.41) is 0. The Hall–Kier alpha value is -0.640. The summed E-state index contributed by atoms with van der Waals surface area (Å²) in [7, 11) is 0. The summed E-state index contributed by atoms with van der Waals surface area (Å²) in [4.78, 5) is 8.30. The smallest absolute Gasteiger partial charge is 0.217 e. The highest BCUT2D eigenvalue weighted by Crippen LogP contribution is 2.24. The first-order valence-electron chi connectivity index (χ1n) is 4.42. The molecule has 70 valence electrons. The van der Waals surface area contributed by atoms with Crippen molar-refractivity contribution >= 4 is 15.9 Å². The number of aromatic nitrogens is 2. The van der Waals surface area contributed by atoms with Gasteiger partial charge in [0.1, 0.15) is 16.5 Å². The maximum Gasteiger partial charge on any atom is 0.217 e. The Kier molecular flexibility index (Phi) is 2.49. The van der Waals surface area contributed by atoms with Crippen molar-refractivity contribution in [1.29, 1.82) is 0 Å². The molecule has 4 heteroatoms. The average molecular weight is 243 g/mol. The SMILES string of the molecule is Cc1nc(Br)cc(OC2CCC2)n1. The number of hydrogen-bond donors (Lipinski definition) is 0. The molecule has 1 aromatic heterocycles. The minimum atomic E-state index is 0.376. The minimum Gasteiger partial charge on any atom is -0.474 e. The van der Waals surface area contributed by atoms with Crippen LogP contribution >= 0.6 is 15.9 Å². The van der Waals surface area contributed by atoms with Gasteiger partial charge < -0.3 is 4.74 Å². The topological polar surface area (TPSA) is 35.0 Å². The van der Waals surface area contributed by atoms with E-state index in [1.807, 2.05) is 13.0 Å². The highest BCUT2D eigenvalue weighted by atomic mass is 79.9. The standard InChI is InChI=1S/C9H11BrN2O/c1-6-11-8(10)5-9(12-6)13-7-3-2-4-7/h5,7H,2-4H2,1H3. The van der Waals surface area contributed by atoms with Crippen LogP contribution in [0, 0.1) is 6.92 Å². The van der Waals surface area contributed by atoms with Crippen LogP contribution in [0.3, 0.4) is 0 Å². The first-order chi connectivity index (χ1) is 6.24. The molecule has 1 fully saturated rings. The van der Waals surface area contributed by atoms with E-state index in [4.69, 9.17) is 4.74 Å². The maximum atomic E-state index is 5.63. The average Bonchev–Trinajstić information content (AvgIpc) is 1.95. The molecule has 13 heavy (non-hydrogen) atoms. The zero-order valence-corrected chi connectivity index (χ0v) is 9.04. The summed E-state index contributed by atoms with van der Waals surface area (Å²) in [6, 6.07) is 1.81. The second-order valence-electron chi connectivity index (χ2n) is 3.25. The lowest BCUT2D eigenvalue weighted by Gasteiger charge is -2.25. The van der Waals surface area contributed by atoms with Gasteiger partial charge in [-0.1, -0.05) is 0 Å². The van der Waals surface area contributed by atoms with Gasteiger partial charge in [-0.25, -0.2) is 4.98 Å². The van der Waals surface area contributed by atoms with Gasteiger partial charge in [0.15, 0.2) is 0 Å². The zero-order valence-electron chi connectivity index (χ0n) is 7.46. The van der Waals surface area contributed by atoms with Crippen molar-refractivity contribution in [3.63, 3.8) is 0 Å². The van der Waals surface area contributed by atoms with Gasteiger partial charge in [-0.05, 0) is 42.1 Å². The number of halogens is 1. The third-order valence-electron chi connectivity index (χ3n) is 2.12. The predicted octanol–water partition coefficient (Wildman–Crippen LogP) is 2.48. The van der Waals surface area contributed by atoms with E-state index in [2.05, 4.69) is 25.9 Å². The van der Waals surface area contributed by atoms with Crippen LogP contribution in [0.5, 0.6) is 5.88 Å². The molecule has 0 saturated heterocycles. The lowest BCUT2D eigenvalue weighted by atomic mass is 9.96. The fourth-order valence-corrected chi connectivity index (χ4v) is 1.68. The molecule has 0 aromatic carbocycles. The number of rotatable bonds is 2. The van der Waals surface area contributed by atoms with Crippen LogP contribution in [0.1, 0.15) is 25.1 Å². The Morgan fingerprint density at radius 2 is 2.23 bits per heavy atom. The minimum absolute atomic E-state index is 0.376. The van der Waals surface area contributed by atoms with Crippen molar-refractivity contribution in [3.05, 3.63) is 16.5 Å². The van der Waals surface area contributed by atoms with Gasteiger partial charge >= 0.3 is 0 Å². The molecule has 1 aromatic rings. The summed E-state index contributed by atoms with van der Waals surface area (Å²) in [5.41, 5.74) is 0. The van der Waals surface area contributed by atoms with Crippen LogP contribution in [0.4, 0.5) is 0 Å². The molecule has 0 amide bonds. The molecule has 0 unspecified atom stereocenters. The third kappa shape index (κ3) is 2.18. The van der Waals surface area contributed by atoms with Crippen molar-refractivity contribution in [2.75, 3.05) is 0 Å². The Bertz CT molecular complexity index is 292. The Balaban J connectivity index is 2.10. The summed E-state index contributed by atoms with van der Waals surface area (Å²) < 4.78 is 6.42. The predicted molar refractivity (Wildman–Crippen MR) is 52.7 cm³/mol. The van der Waals surface area contributed by atoms with Gasteiger partial charge in [0.2, 0.25) is 5.88 Å². The van der Waals surface area contributed by atoms with Crippen LogP contribution in [0.15, 0.2) is 10.7 Å². The molecular weight excluding hydrogens is 232 g/mol. The first-order valence-corrected chi connectivity index (χ1v) is 5.21. The fourth-order valence-electron chi connectivity index (χ4n) is 1.23. The molecule has 1 heterocycles. The maximum absolute atomic E-state index is 5.63. The van der Waals surface area contributed by atoms with Gasteiger partial charge in [0, 0.05) is 6.07 Å². The third-order valence-corrected chi connectivity index (χ3v) is 2.53. The Morgan fingerprint density at radius 3 is 2.77 bits per heavy atom. The van der Waals surface area contributed by atoms with Crippen LogP contribution in [0.2, 0.25) is 0 Å². The monoisotopic (exact) mass is 242 g/mol. The van der Waals surface area contributed by atoms with Crippen molar-refractivity contribution in [2.24, 2.45) is 0 Å². The zero-order chi connectivity index (χ0) is 9.26. The van der Waals surface area contributed by atoms with E-state index >= 15 is 0 Å². The molecular formula is C9H11BrN2O. The summed E-state index contributed by atoms with van der Waals surface area (Å²) in [6.45, 7) is 1.86. The van der Waals surface area contributed by atoms with Gasteiger partial charge in [-0.2, -0.15) is 4.98 Å². The molecule has 0 aliphatic heterocycles. The second-order valence-corrected chi connectivity index (χ2v) is 4.06. The van der Waals surface area contributed by atoms with E-state index in [9.17, 15) is 0 Å². The quantitative estimate of drug-likeness (QED) is 0.748. The lowest BCUT2D eigenvalue weighted by Crippen LogP contribution is -2.25. The van der Waals surface area contributed by atoms with Crippen molar-refractivity contribution in [3.8, 4) is 5.88 Å². The summed E-state index contributed by atoms with van der Waals surface area (Å²) >= 11 is 3.31. The van der Waals surface area contributed by atoms with E-state index in [0.29, 0.717) is 12.0 Å². The Morgan fingerprint density at radius 1 is 1.46 bits per heavy atom. The molecule has 0 spiro atoms. The van der Waals surface area contributed by atoms with Crippen LogP contribution in [-0.4, -0.2) is 16.1 Å². The second kappa shape index (κ2) is 3.62. The molecule has 3 nitrogen and oxygen atoms in total. The van der Waals surface area contributed by atoms with Gasteiger partial charge in [0.25, 0.3) is 0 Å². The highest BCUT2D eigenvalue weighted by Gasteiger charge is 2.19. The summed E-state index contributed by atoms with van der Waals surface area (Å²) in [6.07, 6.45) is 3.96. The molecule has 1 saturated carbocycles. The fraction of sp³-hybridized carbons (Fsp3) is 0.556. The molecule has 1 aliphatic rings. The van der Waals surface area contributed by atoms with Crippen LogP contribution in [-0.2, 0) is 0 Å². The normalized spacial score (nSPS) is 16.8. The van der Waals surface area contributed by atoms with Crippen molar-refractivity contribution in [2.45, 2.75) is 32.3 Å². The van der Waals surface area contributed by atoms with E-state index in [1.165, 1.54) is 6.42 Å². The van der Waals surface area contributed by atoms with Crippen molar-refractivity contribution in [1.82, 2.24) is 9.97 Å². The van der Waals surface area contributed by atoms with Gasteiger partial charge in [0.05, 0.1) is 0 Å². The van der Waals surface area contributed by atoms with Crippen molar-refractivity contribution < 1.29 is 4.74 Å². The molecule has 0 atom stereocenters. The van der Waals surface area contributed by atoms with E-state index < -0.39 is 0 Å². The highest BCUT2D eigenvalue weighted by molar-refractivity contribution is 9.10. The first kappa shape index (κ1) is 8.94. The molecule has 0 bridgehead atoms. The number of hydrogen-bond acceptors (Lipinski definition) is 3. The van der Waals surface area contributed by atoms with Gasteiger partial charge in [-0.15, -0.1) is 0 Å². The largest absolute Gasteiger partial charge is 0.474 e. The number of aryl methyl sites for hydroxylation is 1. The molecule has 0 radical (unpaired) electrons. The van der Waals surface area contributed by atoms with E-state index in [0.717, 1.165) is 23.3 Å². The van der Waals surface area contributed by atoms with Gasteiger partial charge in [-0.3, -0.25) is 0 Å².